The lowest BCUT2D eigenvalue weighted by molar-refractivity contribution is 0.311. The van der Waals surface area contributed by atoms with Crippen LogP contribution in [-0.2, 0) is 0 Å². The zero-order valence-electron chi connectivity index (χ0n) is 6.20. The van der Waals surface area contributed by atoms with Gasteiger partial charge in [0, 0.05) is 18.4 Å². The van der Waals surface area contributed by atoms with Crippen molar-refractivity contribution < 1.29 is 0 Å². The molecule has 1 saturated carbocycles. The van der Waals surface area contributed by atoms with Gasteiger partial charge in [0.15, 0.2) is 0 Å². The van der Waals surface area contributed by atoms with Crippen LogP contribution in [0, 0.1) is 11.3 Å². The third kappa shape index (κ3) is 0.911. The van der Waals surface area contributed by atoms with Crippen LogP contribution >= 0.6 is 0 Å². The molecule has 2 rings (SSSR count). The maximum absolute atomic E-state index is 8.64. The predicted molar refractivity (Wildman–Crippen MR) is 39.8 cm³/mol. The number of hydrogen-bond donors (Lipinski definition) is 0. The monoisotopic (exact) mass is 147 g/mol. The standard InChI is InChI=1S/C8H9N3/c9-6-8-10-4-5-11(8)7-2-1-3-7/h4-5,7H,1-3H2. The molecule has 0 spiro atoms. The van der Waals surface area contributed by atoms with Crippen molar-refractivity contribution in [3.8, 4) is 6.07 Å². The van der Waals surface area contributed by atoms with Crippen LogP contribution in [0.1, 0.15) is 31.1 Å². The highest BCUT2D eigenvalue weighted by atomic mass is 15.1. The molecule has 0 bridgehead atoms. The van der Waals surface area contributed by atoms with Crippen molar-refractivity contribution in [1.82, 2.24) is 9.55 Å². The lowest BCUT2D eigenvalue weighted by atomic mass is 9.93. The first-order valence-electron chi connectivity index (χ1n) is 3.85. The highest BCUT2D eigenvalue weighted by Crippen LogP contribution is 2.31. The Morgan fingerprint density at radius 3 is 3.00 bits per heavy atom. The van der Waals surface area contributed by atoms with Gasteiger partial charge >= 0.3 is 0 Å². The first-order chi connectivity index (χ1) is 5.42. The van der Waals surface area contributed by atoms with Gasteiger partial charge in [-0.3, -0.25) is 0 Å². The average molecular weight is 147 g/mol. The fourth-order valence-corrected chi connectivity index (χ4v) is 1.36. The third-order valence-electron chi connectivity index (χ3n) is 2.24. The molecular formula is C8H9N3. The van der Waals surface area contributed by atoms with E-state index in [2.05, 4.69) is 11.1 Å². The van der Waals surface area contributed by atoms with Gasteiger partial charge in [0.05, 0.1) is 0 Å². The SMILES string of the molecule is N#Cc1nccn1C1CCC1. The van der Waals surface area contributed by atoms with Crippen molar-refractivity contribution in [2.75, 3.05) is 0 Å². The van der Waals surface area contributed by atoms with Gasteiger partial charge in [0.2, 0.25) is 5.82 Å². The van der Waals surface area contributed by atoms with Gasteiger partial charge in [-0.05, 0) is 19.3 Å². The summed E-state index contributed by atoms with van der Waals surface area (Å²) in [6, 6.07) is 2.62. The summed E-state index contributed by atoms with van der Waals surface area (Å²) in [5, 5.41) is 8.64. The summed E-state index contributed by atoms with van der Waals surface area (Å²) < 4.78 is 1.98. The van der Waals surface area contributed by atoms with Crippen molar-refractivity contribution >= 4 is 0 Å². The van der Waals surface area contributed by atoms with Crippen molar-refractivity contribution in [3.05, 3.63) is 18.2 Å². The second kappa shape index (κ2) is 2.39. The van der Waals surface area contributed by atoms with Gasteiger partial charge in [-0.2, -0.15) is 5.26 Å². The van der Waals surface area contributed by atoms with E-state index in [1.165, 1.54) is 19.3 Å². The summed E-state index contributed by atoms with van der Waals surface area (Å²) in [6.07, 6.45) is 7.27. The molecule has 3 nitrogen and oxygen atoms in total. The Morgan fingerprint density at radius 2 is 2.45 bits per heavy atom. The van der Waals surface area contributed by atoms with Gasteiger partial charge in [-0.25, -0.2) is 4.98 Å². The predicted octanol–water partition coefficient (Wildman–Crippen LogP) is 1.48. The zero-order chi connectivity index (χ0) is 7.68. The molecule has 0 radical (unpaired) electrons. The Hall–Kier alpha value is -1.30. The molecule has 0 N–H and O–H groups in total. The zero-order valence-corrected chi connectivity index (χ0v) is 6.20. The number of hydrogen-bond acceptors (Lipinski definition) is 2. The van der Waals surface area contributed by atoms with E-state index in [1.54, 1.807) is 6.20 Å². The van der Waals surface area contributed by atoms with Crippen molar-refractivity contribution in [2.45, 2.75) is 25.3 Å². The molecule has 0 atom stereocenters. The van der Waals surface area contributed by atoms with Crippen LogP contribution in [0.4, 0.5) is 0 Å². The second-order valence-electron chi connectivity index (χ2n) is 2.85. The van der Waals surface area contributed by atoms with Gasteiger partial charge in [-0.15, -0.1) is 0 Å². The van der Waals surface area contributed by atoms with E-state index in [0.717, 1.165) is 0 Å². The van der Waals surface area contributed by atoms with Gasteiger partial charge in [0.1, 0.15) is 6.07 Å². The maximum Gasteiger partial charge on any atom is 0.212 e. The van der Waals surface area contributed by atoms with E-state index >= 15 is 0 Å². The van der Waals surface area contributed by atoms with E-state index in [9.17, 15) is 0 Å². The molecule has 0 aromatic carbocycles. The number of nitriles is 1. The summed E-state index contributed by atoms with van der Waals surface area (Å²) in [7, 11) is 0. The third-order valence-corrected chi connectivity index (χ3v) is 2.24. The minimum absolute atomic E-state index is 0.548. The molecule has 3 heteroatoms. The van der Waals surface area contributed by atoms with Crippen LogP contribution in [0.2, 0.25) is 0 Å². The topological polar surface area (TPSA) is 41.6 Å². The maximum atomic E-state index is 8.64. The van der Waals surface area contributed by atoms with Crippen LogP contribution in [0.15, 0.2) is 12.4 Å². The van der Waals surface area contributed by atoms with E-state index in [4.69, 9.17) is 5.26 Å². The first-order valence-corrected chi connectivity index (χ1v) is 3.85. The van der Waals surface area contributed by atoms with Crippen molar-refractivity contribution in [1.29, 1.82) is 5.26 Å². The van der Waals surface area contributed by atoms with Crippen LogP contribution in [-0.4, -0.2) is 9.55 Å². The second-order valence-corrected chi connectivity index (χ2v) is 2.85. The lowest BCUT2D eigenvalue weighted by Crippen LogP contribution is -2.17. The molecule has 1 fully saturated rings. The van der Waals surface area contributed by atoms with Crippen LogP contribution in [0.25, 0.3) is 0 Å². The van der Waals surface area contributed by atoms with Crippen LogP contribution < -0.4 is 0 Å². The normalized spacial score (nSPS) is 17.4. The first kappa shape index (κ1) is 6.41. The Balaban J connectivity index is 2.29. The largest absolute Gasteiger partial charge is 0.320 e. The molecule has 56 valence electrons. The molecule has 0 unspecified atom stereocenters. The molecule has 0 amide bonds. The van der Waals surface area contributed by atoms with E-state index < -0.39 is 0 Å². The minimum atomic E-state index is 0.548. The number of imidazole rings is 1. The smallest absolute Gasteiger partial charge is 0.212 e. The molecule has 0 aliphatic heterocycles. The highest BCUT2D eigenvalue weighted by Gasteiger charge is 2.20. The molecule has 1 aliphatic carbocycles. The summed E-state index contributed by atoms with van der Waals surface area (Å²) in [5.41, 5.74) is 0. The number of aromatic nitrogens is 2. The van der Waals surface area contributed by atoms with Crippen LogP contribution in [0.5, 0.6) is 0 Å². The Bertz CT molecular complexity index is 291. The van der Waals surface area contributed by atoms with Crippen molar-refractivity contribution in [2.24, 2.45) is 0 Å². The van der Waals surface area contributed by atoms with E-state index in [0.29, 0.717) is 11.9 Å². The highest BCUT2D eigenvalue weighted by molar-refractivity contribution is 5.13. The van der Waals surface area contributed by atoms with Crippen molar-refractivity contribution in [3.63, 3.8) is 0 Å². The molecule has 1 heterocycles. The number of nitrogens with zero attached hydrogens (tertiary/aromatic N) is 3. The Labute approximate surface area is 65.3 Å². The number of rotatable bonds is 1. The molecule has 1 aromatic rings. The van der Waals surface area contributed by atoms with Gasteiger partial charge in [-0.1, -0.05) is 0 Å². The molecule has 0 saturated heterocycles. The fraction of sp³-hybridized carbons (Fsp3) is 0.500. The average Bonchev–Trinajstić information content (AvgIpc) is 2.32. The quantitative estimate of drug-likeness (QED) is 0.603. The molecular weight excluding hydrogens is 138 g/mol. The minimum Gasteiger partial charge on any atom is -0.320 e. The fourth-order valence-electron chi connectivity index (χ4n) is 1.36. The van der Waals surface area contributed by atoms with Gasteiger partial charge < -0.3 is 4.57 Å². The Kier molecular flexibility index (Phi) is 1.39. The summed E-state index contributed by atoms with van der Waals surface area (Å²) in [6.45, 7) is 0. The lowest BCUT2D eigenvalue weighted by Gasteiger charge is -2.26. The van der Waals surface area contributed by atoms with Crippen LogP contribution in [0.3, 0.4) is 0 Å². The summed E-state index contributed by atoms with van der Waals surface area (Å²) in [5.74, 6) is 0.551. The Morgan fingerprint density at radius 1 is 1.64 bits per heavy atom. The van der Waals surface area contributed by atoms with E-state index in [1.807, 2.05) is 10.8 Å². The molecule has 11 heavy (non-hydrogen) atoms. The van der Waals surface area contributed by atoms with E-state index in [-0.39, 0.29) is 0 Å². The summed E-state index contributed by atoms with van der Waals surface area (Å²) >= 11 is 0. The van der Waals surface area contributed by atoms with Gasteiger partial charge in [0.25, 0.3) is 0 Å². The molecule has 1 aromatic heterocycles. The molecule has 1 aliphatic rings. The summed E-state index contributed by atoms with van der Waals surface area (Å²) in [4.78, 5) is 3.94.